The molecule has 0 amide bonds. The standard InChI is InChI=1S/C4H8S.Be.2H/c1-2-4-5-3-1;;;/h1-4H2;;;/q;+2;2*-1. The third-order valence-corrected chi connectivity index (χ3v) is 1.98. The van der Waals surface area contributed by atoms with E-state index in [0.717, 1.165) is 0 Å². The molecule has 0 nitrogen and oxygen atoms in total. The summed E-state index contributed by atoms with van der Waals surface area (Å²) in [6.07, 6.45) is 2.93. The van der Waals surface area contributed by atoms with Crippen LogP contribution in [0.5, 0.6) is 0 Å². The molecule has 34 valence electrons. The van der Waals surface area contributed by atoms with Gasteiger partial charge in [0.05, 0.1) is 0 Å². The molecule has 2 heteroatoms. The van der Waals surface area contributed by atoms with Crippen molar-refractivity contribution in [2.75, 3.05) is 11.5 Å². The number of hydrogen-bond donors (Lipinski definition) is 0. The molecule has 1 aliphatic heterocycles. The maximum Gasteiger partial charge on any atom is 2.00 e. The first-order valence-electron chi connectivity index (χ1n) is 2.08. The summed E-state index contributed by atoms with van der Waals surface area (Å²) >= 11 is 2.07. The molecule has 0 bridgehead atoms. The second-order valence-electron chi connectivity index (χ2n) is 1.32. The van der Waals surface area contributed by atoms with Crippen molar-refractivity contribution in [3.63, 3.8) is 0 Å². The Bertz CT molecular complexity index is 25.6. The molecule has 1 rings (SSSR count). The van der Waals surface area contributed by atoms with E-state index in [1.165, 1.54) is 24.3 Å². The summed E-state index contributed by atoms with van der Waals surface area (Å²) in [5.41, 5.74) is 0. The van der Waals surface area contributed by atoms with Crippen molar-refractivity contribution in [2.24, 2.45) is 0 Å². The van der Waals surface area contributed by atoms with E-state index in [0.29, 0.717) is 0 Å². The fraction of sp³-hybridized carbons (Fsp3) is 1.00. The van der Waals surface area contributed by atoms with Crippen molar-refractivity contribution in [3.8, 4) is 0 Å². The zero-order valence-electron chi connectivity index (χ0n) is 5.94. The molecule has 1 aliphatic rings. The van der Waals surface area contributed by atoms with Gasteiger partial charge in [-0.2, -0.15) is 11.8 Å². The second-order valence-corrected chi connectivity index (χ2v) is 2.54. The van der Waals surface area contributed by atoms with Gasteiger partial charge in [0, 0.05) is 0 Å². The Labute approximate surface area is 49.9 Å². The molecule has 0 aliphatic carbocycles. The van der Waals surface area contributed by atoms with Gasteiger partial charge in [0.2, 0.25) is 0 Å². The Morgan fingerprint density at radius 2 is 1.67 bits per heavy atom. The molecule has 0 unspecified atom stereocenters. The van der Waals surface area contributed by atoms with E-state index in [4.69, 9.17) is 0 Å². The summed E-state index contributed by atoms with van der Waals surface area (Å²) in [5.74, 6) is 2.83. The molecule has 1 saturated heterocycles. The number of thioether (sulfide) groups is 1. The Morgan fingerprint density at radius 1 is 1.17 bits per heavy atom. The van der Waals surface area contributed by atoms with Crippen LogP contribution in [0.25, 0.3) is 0 Å². The molecule has 0 radical (unpaired) electrons. The zero-order chi connectivity index (χ0) is 3.54. The fourth-order valence-electron chi connectivity index (χ4n) is 0.510. The fourth-order valence-corrected chi connectivity index (χ4v) is 1.53. The minimum Gasteiger partial charge on any atom is -1.00 e. The number of rotatable bonds is 0. The predicted molar refractivity (Wildman–Crippen MR) is 34.5 cm³/mol. The van der Waals surface area contributed by atoms with Crippen LogP contribution in [0.1, 0.15) is 15.7 Å². The van der Waals surface area contributed by atoms with Crippen molar-refractivity contribution >= 4 is 21.9 Å². The van der Waals surface area contributed by atoms with Crippen LogP contribution in [0, 0.1) is 0 Å². The van der Waals surface area contributed by atoms with Crippen LogP contribution in [-0.4, -0.2) is 21.6 Å². The van der Waals surface area contributed by atoms with Crippen molar-refractivity contribution in [2.45, 2.75) is 12.8 Å². The van der Waals surface area contributed by atoms with Crippen LogP contribution in [0.2, 0.25) is 0 Å². The minimum absolute atomic E-state index is 0. The Hall–Kier alpha value is 0.519. The molecule has 0 saturated carbocycles. The average molecular weight is 99.2 g/mol. The normalized spacial score (nSPS) is 20.0. The molecule has 0 aromatic carbocycles. The first-order valence-corrected chi connectivity index (χ1v) is 3.23. The molecule has 0 atom stereocenters. The first kappa shape index (κ1) is 6.52. The first-order chi connectivity index (χ1) is 2.50. The van der Waals surface area contributed by atoms with Crippen LogP contribution < -0.4 is 0 Å². The van der Waals surface area contributed by atoms with Gasteiger partial charge in [-0.1, -0.05) is 0 Å². The van der Waals surface area contributed by atoms with E-state index in [-0.39, 0.29) is 13.0 Å². The summed E-state index contributed by atoms with van der Waals surface area (Å²) in [4.78, 5) is 0. The predicted octanol–water partition coefficient (Wildman–Crippen LogP) is 1.36. The van der Waals surface area contributed by atoms with Gasteiger partial charge in [-0.15, -0.1) is 0 Å². The van der Waals surface area contributed by atoms with Crippen LogP contribution in [0.15, 0.2) is 0 Å². The molecule has 0 aromatic rings. The van der Waals surface area contributed by atoms with Gasteiger partial charge in [0.25, 0.3) is 0 Å². The van der Waals surface area contributed by atoms with E-state index in [9.17, 15) is 0 Å². The Kier molecular flexibility index (Phi) is 4.02. The van der Waals surface area contributed by atoms with E-state index in [1.54, 1.807) is 0 Å². The van der Waals surface area contributed by atoms with Crippen molar-refractivity contribution in [1.82, 2.24) is 0 Å². The second kappa shape index (κ2) is 3.70. The number of hydrogen-bond acceptors (Lipinski definition) is 1. The molecule has 0 aromatic heterocycles. The summed E-state index contributed by atoms with van der Waals surface area (Å²) < 4.78 is 0. The molecular formula is C4H10BeS. The van der Waals surface area contributed by atoms with Gasteiger partial charge in [-0.3, -0.25) is 0 Å². The largest absolute Gasteiger partial charge is 2.00 e. The average Bonchev–Trinajstić information content (AvgIpc) is 1.76. The van der Waals surface area contributed by atoms with E-state index >= 15 is 0 Å². The molecule has 1 fully saturated rings. The van der Waals surface area contributed by atoms with Gasteiger partial charge < -0.3 is 2.85 Å². The summed E-state index contributed by atoms with van der Waals surface area (Å²) in [7, 11) is 0. The zero-order valence-corrected chi connectivity index (χ0v) is 4.76. The van der Waals surface area contributed by atoms with Crippen molar-refractivity contribution in [1.29, 1.82) is 0 Å². The molecule has 0 N–H and O–H groups in total. The monoisotopic (exact) mass is 99.1 g/mol. The smallest absolute Gasteiger partial charge is 1.00 e. The van der Waals surface area contributed by atoms with Crippen molar-refractivity contribution in [3.05, 3.63) is 0 Å². The van der Waals surface area contributed by atoms with Crippen LogP contribution >= 0.6 is 11.8 Å². The van der Waals surface area contributed by atoms with Crippen LogP contribution in [0.4, 0.5) is 0 Å². The van der Waals surface area contributed by atoms with Gasteiger partial charge in [0.1, 0.15) is 0 Å². The quantitative estimate of drug-likeness (QED) is 0.413. The molecule has 0 spiro atoms. The molecule has 6 heavy (non-hydrogen) atoms. The van der Waals surface area contributed by atoms with E-state index in [1.807, 2.05) is 0 Å². The summed E-state index contributed by atoms with van der Waals surface area (Å²) in [5, 5.41) is 0. The minimum atomic E-state index is 0. The van der Waals surface area contributed by atoms with Gasteiger partial charge >= 0.3 is 10.1 Å². The molecule has 1 heterocycles. The van der Waals surface area contributed by atoms with Gasteiger partial charge in [-0.25, -0.2) is 0 Å². The maximum atomic E-state index is 2.07. The third kappa shape index (κ3) is 1.84. The van der Waals surface area contributed by atoms with E-state index < -0.39 is 0 Å². The van der Waals surface area contributed by atoms with Gasteiger partial charge in [-0.05, 0) is 24.3 Å². The van der Waals surface area contributed by atoms with Crippen LogP contribution in [0.3, 0.4) is 0 Å². The molecular weight excluding hydrogens is 89.1 g/mol. The summed E-state index contributed by atoms with van der Waals surface area (Å²) in [6.45, 7) is 0. The van der Waals surface area contributed by atoms with Gasteiger partial charge in [0.15, 0.2) is 0 Å². The Morgan fingerprint density at radius 3 is 1.83 bits per heavy atom. The maximum absolute atomic E-state index is 2.07. The SMILES string of the molecule is C1CCSC1.[Be+2].[H-].[H-]. The van der Waals surface area contributed by atoms with Crippen LogP contribution in [-0.2, 0) is 0 Å². The summed E-state index contributed by atoms with van der Waals surface area (Å²) in [6, 6.07) is 0. The topological polar surface area (TPSA) is 0 Å². The van der Waals surface area contributed by atoms with Crippen molar-refractivity contribution < 1.29 is 2.85 Å². The van der Waals surface area contributed by atoms with E-state index in [2.05, 4.69) is 11.8 Å². The third-order valence-electron chi connectivity index (χ3n) is 0.827. The Balaban J connectivity index is -0.0000000833.